The normalized spacial score (nSPS) is 14.4. The van der Waals surface area contributed by atoms with Gasteiger partial charge in [-0.05, 0) is 30.7 Å². The highest BCUT2D eigenvalue weighted by Gasteiger charge is 2.39. The number of hydrogen-bond acceptors (Lipinski definition) is 4. The first kappa shape index (κ1) is 20.1. The smallest absolute Gasteiger partial charge is 0.268 e. The Morgan fingerprint density at radius 3 is 2.32 bits per heavy atom. The third-order valence-electron chi connectivity index (χ3n) is 4.22. The molecule has 2 aromatic carbocycles. The first-order chi connectivity index (χ1) is 13.4. The molecule has 0 saturated carbocycles. The van der Waals surface area contributed by atoms with E-state index in [1.165, 1.54) is 17.8 Å². The maximum absolute atomic E-state index is 14.1. The molecule has 28 heavy (non-hydrogen) atoms. The number of benzene rings is 2. The van der Waals surface area contributed by atoms with E-state index < -0.39 is 11.7 Å². The van der Waals surface area contributed by atoms with Crippen LogP contribution >= 0.6 is 11.8 Å². The van der Waals surface area contributed by atoms with Crippen molar-refractivity contribution in [2.24, 2.45) is 0 Å². The van der Waals surface area contributed by atoms with Crippen LogP contribution < -0.4 is 4.74 Å². The summed E-state index contributed by atoms with van der Waals surface area (Å²) in [5, 5.41) is 0.123. The van der Waals surface area contributed by atoms with Gasteiger partial charge in [0.2, 0.25) is 0 Å². The highest BCUT2D eigenvalue weighted by Crippen LogP contribution is 2.39. The number of carbonyl (C=O) groups is 2. The van der Waals surface area contributed by atoms with Gasteiger partial charge in [-0.2, -0.15) is 0 Å². The number of thioether (sulfide) groups is 1. The molecule has 3 rings (SSSR count). The number of imide groups is 1. The van der Waals surface area contributed by atoms with Gasteiger partial charge in [0.25, 0.3) is 11.8 Å². The van der Waals surface area contributed by atoms with Gasteiger partial charge in [0.05, 0.1) is 23.6 Å². The number of halogens is 1. The SMILES string of the molecule is CCOc1ccc(C2=C(SC(C)C)C(=O)N(Cc3ccccc3F)C2=O)cc1. The van der Waals surface area contributed by atoms with Crippen LogP contribution in [0.1, 0.15) is 31.9 Å². The lowest BCUT2D eigenvalue weighted by Gasteiger charge is -2.16. The van der Waals surface area contributed by atoms with Crippen molar-refractivity contribution in [1.29, 1.82) is 0 Å². The third-order valence-corrected chi connectivity index (χ3v) is 5.31. The second-order valence-corrected chi connectivity index (χ2v) is 8.20. The number of ether oxygens (including phenoxy) is 1. The number of carbonyl (C=O) groups excluding carboxylic acids is 2. The first-order valence-corrected chi connectivity index (χ1v) is 10.0. The maximum atomic E-state index is 14.1. The van der Waals surface area contributed by atoms with Gasteiger partial charge in [-0.15, -0.1) is 11.8 Å². The van der Waals surface area contributed by atoms with Gasteiger partial charge in [0.1, 0.15) is 11.6 Å². The second kappa shape index (κ2) is 8.61. The van der Waals surface area contributed by atoms with E-state index in [-0.39, 0.29) is 17.7 Å². The zero-order chi connectivity index (χ0) is 20.3. The summed E-state index contributed by atoms with van der Waals surface area (Å²) in [5.74, 6) is -0.517. The Hall–Kier alpha value is -2.60. The van der Waals surface area contributed by atoms with Gasteiger partial charge in [0.15, 0.2) is 0 Å². The number of nitrogens with zero attached hydrogens (tertiary/aromatic N) is 1. The Labute approximate surface area is 168 Å². The van der Waals surface area contributed by atoms with Crippen molar-refractivity contribution < 1.29 is 18.7 Å². The zero-order valence-electron chi connectivity index (χ0n) is 16.1. The molecule has 6 heteroatoms. The highest BCUT2D eigenvalue weighted by molar-refractivity contribution is 8.04. The molecule has 0 saturated heterocycles. The predicted octanol–water partition coefficient (Wildman–Crippen LogP) is 4.65. The minimum Gasteiger partial charge on any atom is -0.494 e. The molecular formula is C22H22FNO3S. The molecule has 0 fully saturated rings. The van der Waals surface area contributed by atoms with Crippen molar-refractivity contribution in [3.63, 3.8) is 0 Å². The van der Waals surface area contributed by atoms with Gasteiger partial charge in [0, 0.05) is 10.8 Å². The predicted molar refractivity (Wildman–Crippen MR) is 109 cm³/mol. The van der Waals surface area contributed by atoms with Gasteiger partial charge in [-0.1, -0.05) is 44.2 Å². The van der Waals surface area contributed by atoms with Crippen LogP contribution in [-0.2, 0) is 16.1 Å². The molecule has 2 aromatic rings. The largest absolute Gasteiger partial charge is 0.494 e. The minimum atomic E-state index is -0.435. The number of amides is 2. The fourth-order valence-corrected chi connectivity index (χ4v) is 3.98. The van der Waals surface area contributed by atoms with Crippen molar-refractivity contribution in [2.75, 3.05) is 6.61 Å². The Morgan fingerprint density at radius 1 is 1.04 bits per heavy atom. The standard InChI is InChI=1S/C22H22FNO3S/c1-4-27-17-11-9-15(10-12-17)19-20(28-14(2)3)22(26)24(21(19)25)13-16-7-5-6-8-18(16)23/h5-12,14H,4,13H2,1-3H3. The Morgan fingerprint density at radius 2 is 1.71 bits per heavy atom. The Bertz CT molecular complexity index is 922. The summed E-state index contributed by atoms with van der Waals surface area (Å²) in [6, 6.07) is 13.3. The molecule has 0 aliphatic carbocycles. The molecule has 0 spiro atoms. The van der Waals surface area contributed by atoms with E-state index in [9.17, 15) is 14.0 Å². The molecule has 0 atom stereocenters. The van der Waals surface area contributed by atoms with Crippen LogP contribution in [0.25, 0.3) is 5.57 Å². The summed E-state index contributed by atoms with van der Waals surface area (Å²) >= 11 is 1.35. The van der Waals surface area contributed by atoms with Crippen LogP contribution in [0.4, 0.5) is 4.39 Å². The molecule has 146 valence electrons. The topological polar surface area (TPSA) is 46.6 Å². The summed E-state index contributed by atoms with van der Waals surface area (Å²) < 4.78 is 19.5. The lowest BCUT2D eigenvalue weighted by atomic mass is 10.1. The molecule has 0 bridgehead atoms. The summed E-state index contributed by atoms with van der Waals surface area (Å²) in [7, 11) is 0. The summed E-state index contributed by atoms with van der Waals surface area (Å²) in [4.78, 5) is 27.6. The third kappa shape index (κ3) is 4.12. The van der Waals surface area contributed by atoms with Crippen molar-refractivity contribution in [3.8, 4) is 5.75 Å². The minimum absolute atomic E-state index is 0.0903. The van der Waals surface area contributed by atoms with E-state index in [1.54, 1.807) is 42.5 Å². The first-order valence-electron chi connectivity index (χ1n) is 9.16. The Kier molecular flexibility index (Phi) is 6.19. The van der Waals surface area contributed by atoms with Crippen LogP contribution in [0.15, 0.2) is 53.4 Å². The zero-order valence-corrected chi connectivity index (χ0v) is 16.9. The molecule has 4 nitrogen and oxygen atoms in total. The van der Waals surface area contributed by atoms with Crippen LogP contribution in [0, 0.1) is 5.82 Å². The van der Waals surface area contributed by atoms with Crippen molar-refractivity contribution in [2.45, 2.75) is 32.6 Å². The molecular weight excluding hydrogens is 377 g/mol. The maximum Gasteiger partial charge on any atom is 0.268 e. The monoisotopic (exact) mass is 399 g/mol. The quantitative estimate of drug-likeness (QED) is 0.636. The van der Waals surface area contributed by atoms with Gasteiger partial charge in [-0.25, -0.2) is 4.39 Å². The van der Waals surface area contributed by atoms with E-state index in [0.29, 0.717) is 34.0 Å². The van der Waals surface area contributed by atoms with E-state index in [2.05, 4.69) is 0 Å². The molecule has 1 aliphatic heterocycles. The van der Waals surface area contributed by atoms with Gasteiger partial charge in [-0.3, -0.25) is 14.5 Å². The van der Waals surface area contributed by atoms with E-state index in [4.69, 9.17) is 4.74 Å². The van der Waals surface area contributed by atoms with Gasteiger partial charge < -0.3 is 4.74 Å². The lowest BCUT2D eigenvalue weighted by molar-refractivity contribution is -0.137. The lowest BCUT2D eigenvalue weighted by Crippen LogP contribution is -2.31. The summed E-state index contributed by atoms with van der Waals surface area (Å²) in [6.07, 6.45) is 0. The van der Waals surface area contributed by atoms with Gasteiger partial charge >= 0.3 is 0 Å². The molecule has 0 radical (unpaired) electrons. The second-order valence-electron chi connectivity index (χ2n) is 6.62. The highest BCUT2D eigenvalue weighted by atomic mass is 32.2. The molecule has 0 N–H and O–H groups in total. The van der Waals surface area contributed by atoms with Crippen LogP contribution in [0.3, 0.4) is 0 Å². The van der Waals surface area contributed by atoms with Crippen molar-refractivity contribution >= 4 is 29.1 Å². The molecule has 2 amide bonds. The molecule has 1 heterocycles. The molecule has 0 aromatic heterocycles. The summed E-state index contributed by atoms with van der Waals surface area (Å²) in [6.45, 7) is 6.28. The van der Waals surface area contributed by atoms with Crippen molar-refractivity contribution in [1.82, 2.24) is 4.90 Å². The van der Waals surface area contributed by atoms with E-state index >= 15 is 0 Å². The average molecular weight is 399 g/mol. The fourth-order valence-electron chi connectivity index (χ4n) is 2.98. The molecule has 1 aliphatic rings. The Balaban J connectivity index is 1.97. The van der Waals surface area contributed by atoms with Crippen LogP contribution in [-0.4, -0.2) is 28.6 Å². The van der Waals surface area contributed by atoms with E-state index in [1.807, 2.05) is 20.8 Å². The van der Waals surface area contributed by atoms with E-state index in [0.717, 1.165) is 4.90 Å². The summed E-state index contributed by atoms with van der Waals surface area (Å²) in [5.41, 5.74) is 1.33. The molecule has 0 unspecified atom stereocenters. The average Bonchev–Trinajstić information content (AvgIpc) is 2.88. The van der Waals surface area contributed by atoms with Crippen LogP contribution in [0.2, 0.25) is 0 Å². The number of hydrogen-bond donors (Lipinski definition) is 0. The fraction of sp³-hybridized carbons (Fsp3) is 0.273. The van der Waals surface area contributed by atoms with Crippen LogP contribution in [0.5, 0.6) is 5.75 Å². The number of rotatable bonds is 7. The van der Waals surface area contributed by atoms with Crippen molar-refractivity contribution in [3.05, 3.63) is 70.4 Å².